The Hall–Kier alpha value is -3.02. The van der Waals surface area contributed by atoms with Crippen molar-refractivity contribution in [1.82, 2.24) is 10.3 Å². The van der Waals surface area contributed by atoms with Crippen LogP contribution >= 0.6 is 0 Å². The lowest BCUT2D eigenvalue weighted by molar-refractivity contribution is -0.117. The molecule has 0 fully saturated rings. The van der Waals surface area contributed by atoms with Gasteiger partial charge in [0.15, 0.2) is 11.5 Å². The minimum Gasteiger partial charge on any atom is -0.490 e. The fraction of sp³-hybridized carbons (Fsp3) is 0.300. The molecule has 26 heavy (non-hydrogen) atoms. The monoisotopic (exact) mass is 353 g/mol. The number of hydrogen-bond donors (Lipinski definition) is 1. The molecular formula is C20H23N3O3. The maximum Gasteiger partial charge on any atom is 0.250 e. The molecule has 1 N–H and O–H groups in total. The second kappa shape index (κ2) is 7.91. The van der Waals surface area contributed by atoms with E-state index in [2.05, 4.69) is 10.3 Å². The van der Waals surface area contributed by atoms with Crippen LogP contribution in [0.4, 0.5) is 5.82 Å². The molecule has 2 heterocycles. The van der Waals surface area contributed by atoms with E-state index in [1.54, 1.807) is 6.20 Å². The Morgan fingerprint density at radius 1 is 1.35 bits per heavy atom. The number of ether oxygens (including phenoxy) is 2. The van der Waals surface area contributed by atoms with Gasteiger partial charge in [-0.1, -0.05) is 12.1 Å². The highest BCUT2D eigenvalue weighted by molar-refractivity contribution is 5.99. The van der Waals surface area contributed by atoms with E-state index < -0.39 is 0 Å². The number of anilines is 1. The molecule has 1 aliphatic rings. The van der Waals surface area contributed by atoms with Crippen molar-refractivity contribution in [2.45, 2.75) is 13.5 Å². The number of benzene rings is 1. The Kier molecular flexibility index (Phi) is 5.41. The average molecular weight is 353 g/mol. The van der Waals surface area contributed by atoms with Crippen molar-refractivity contribution < 1.29 is 14.3 Å². The summed E-state index contributed by atoms with van der Waals surface area (Å²) in [5, 5.41) is 2.94. The number of rotatable bonds is 6. The van der Waals surface area contributed by atoms with Gasteiger partial charge in [-0.3, -0.25) is 4.79 Å². The summed E-state index contributed by atoms with van der Waals surface area (Å²) in [6.07, 6.45) is 3.60. The number of nitrogens with one attached hydrogen (secondary N) is 1. The molecule has 1 aromatic heterocycles. The van der Waals surface area contributed by atoms with Gasteiger partial charge in [-0.05, 0) is 36.8 Å². The van der Waals surface area contributed by atoms with Gasteiger partial charge in [0.05, 0.1) is 12.2 Å². The molecular weight excluding hydrogens is 330 g/mol. The van der Waals surface area contributed by atoms with Gasteiger partial charge in [0, 0.05) is 32.4 Å². The highest BCUT2D eigenvalue weighted by Gasteiger charge is 2.20. The fourth-order valence-electron chi connectivity index (χ4n) is 2.69. The SMILES string of the molecule is CCOc1cccc2c1OCC(C(=O)NCc1ccnc(N(C)C)c1)=C2. The molecule has 0 saturated heterocycles. The maximum atomic E-state index is 12.5. The van der Waals surface area contributed by atoms with Crippen molar-refractivity contribution in [3.8, 4) is 11.5 Å². The van der Waals surface area contributed by atoms with Crippen LogP contribution in [0, 0.1) is 0 Å². The van der Waals surface area contributed by atoms with E-state index in [4.69, 9.17) is 9.47 Å². The van der Waals surface area contributed by atoms with Gasteiger partial charge in [-0.25, -0.2) is 4.98 Å². The third kappa shape index (κ3) is 3.96. The second-order valence-corrected chi connectivity index (χ2v) is 6.17. The van der Waals surface area contributed by atoms with Crippen LogP contribution in [0.1, 0.15) is 18.1 Å². The molecule has 1 aliphatic heterocycles. The summed E-state index contributed by atoms with van der Waals surface area (Å²) in [6.45, 7) is 3.16. The van der Waals surface area contributed by atoms with Crippen LogP contribution in [0.5, 0.6) is 11.5 Å². The van der Waals surface area contributed by atoms with E-state index in [0.717, 1.165) is 16.9 Å². The molecule has 2 aromatic rings. The Bertz CT molecular complexity index is 831. The van der Waals surface area contributed by atoms with E-state index >= 15 is 0 Å². The number of aromatic nitrogens is 1. The molecule has 0 atom stereocenters. The zero-order chi connectivity index (χ0) is 18.5. The molecule has 3 rings (SSSR count). The van der Waals surface area contributed by atoms with Gasteiger partial charge in [0.1, 0.15) is 12.4 Å². The standard InChI is InChI=1S/C20H23N3O3/c1-4-25-17-7-5-6-15-11-16(13-26-19(15)17)20(24)22-12-14-8-9-21-18(10-14)23(2)3/h5-11H,4,12-13H2,1-3H3,(H,22,24). The van der Waals surface area contributed by atoms with Crippen molar-refractivity contribution >= 4 is 17.8 Å². The number of nitrogens with zero attached hydrogens (tertiary/aromatic N) is 2. The first kappa shape index (κ1) is 17.8. The Labute approximate surface area is 153 Å². The van der Waals surface area contributed by atoms with Crippen LogP contribution in [-0.2, 0) is 11.3 Å². The quantitative estimate of drug-likeness (QED) is 0.865. The highest BCUT2D eigenvalue weighted by Crippen LogP contribution is 2.35. The van der Waals surface area contributed by atoms with E-state index in [9.17, 15) is 4.79 Å². The summed E-state index contributed by atoms with van der Waals surface area (Å²) in [7, 11) is 3.87. The van der Waals surface area contributed by atoms with Gasteiger partial charge < -0.3 is 19.7 Å². The first-order valence-corrected chi connectivity index (χ1v) is 8.58. The highest BCUT2D eigenvalue weighted by atomic mass is 16.5. The van der Waals surface area contributed by atoms with Crippen LogP contribution in [-0.4, -0.2) is 38.2 Å². The maximum absolute atomic E-state index is 12.5. The number of carbonyl (C=O) groups is 1. The van der Waals surface area contributed by atoms with E-state index in [1.165, 1.54) is 0 Å². The van der Waals surface area contributed by atoms with E-state index in [0.29, 0.717) is 30.2 Å². The molecule has 6 heteroatoms. The first-order chi connectivity index (χ1) is 12.6. The van der Waals surface area contributed by atoms with Gasteiger partial charge >= 0.3 is 0 Å². The third-order valence-electron chi connectivity index (χ3n) is 4.02. The molecule has 0 saturated carbocycles. The van der Waals surface area contributed by atoms with Crippen LogP contribution in [0.25, 0.3) is 6.08 Å². The zero-order valence-corrected chi connectivity index (χ0v) is 15.3. The minimum absolute atomic E-state index is 0.138. The summed E-state index contributed by atoms with van der Waals surface area (Å²) in [5.74, 6) is 2.11. The van der Waals surface area contributed by atoms with Gasteiger partial charge in [0.2, 0.25) is 0 Å². The molecule has 136 valence electrons. The number of hydrogen-bond acceptors (Lipinski definition) is 5. The van der Waals surface area contributed by atoms with Gasteiger partial charge in [-0.2, -0.15) is 0 Å². The predicted octanol–water partition coefficient (Wildman–Crippen LogP) is 2.64. The van der Waals surface area contributed by atoms with Crippen molar-refractivity contribution in [2.24, 2.45) is 0 Å². The summed E-state index contributed by atoms with van der Waals surface area (Å²) < 4.78 is 11.3. The molecule has 0 aliphatic carbocycles. The fourth-order valence-corrected chi connectivity index (χ4v) is 2.69. The van der Waals surface area contributed by atoms with Crippen LogP contribution in [0.2, 0.25) is 0 Å². The zero-order valence-electron chi connectivity index (χ0n) is 15.3. The Morgan fingerprint density at radius 2 is 2.19 bits per heavy atom. The molecule has 6 nitrogen and oxygen atoms in total. The molecule has 0 spiro atoms. The average Bonchev–Trinajstić information content (AvgIpc) is 2.66. The normalized spacial score (nSPS) is 12.5. The second-order valence-electron chi connectivity index (χ2n) is 6.17. The first-order valence-electron chi connectivity index (χ1n) is 8.58. The number of fused-ring (bicyclic) bond motifs is 1. The van der Waals surface area contributed by atoms with Crippen molar-refractivity contribution in [2.75, 3.05) is 32.2 Å². The molecule has 0 radical (unpaired) electrons. The molecule has 1 amide bonds. The van der Waals surface area contributed by atoms with E-state index in [1.807, 2.05) is 62.3 Å². The Balaban J connectivity index is 1.69. The Morgan fingerprint density at radius 3 is 2.96 bits per heavy atom. The summed E-state index contributed by atoms with van der Waals surface area (Å²) >= 11 is 0. The van der Waals surface area contributed by atoms with Crippen LogP contribution in [0.15, 0.2) is 42.1 Å². The number of carbonyl (C=O) groups excluding carboxylic acids is 1. The van der Waals surface area contributed by atoms with Crippen molar-refractivity contribution in [1.29, 1.82) is 0 Å². The number of pyridine rings is 1. The lowest BCUT2D eigenvalue weighted by Gasteiger charge is -2.20. The lowest BCUT2D eigenvalue weighted by atomic mass is 10.1. The smallest absolute Gasteiger partial charge is 0.250 e. The van der Waals surface area contributed by atoms with Gasteiger partial charge in [-0.15, -0.1) is 0 Å². The minimum atomic E-state index is -0.138. The molecule has 0 unspecified atom stereocenters. The van der Waals surface area contributed by atoms with Gasteiger partial charge in [0.25, 0.3) is 5.91 Å². The number of amides is 1. The van der Waals surface area contributed by atoms with Crippen LogP contribution in [0.3, 0.4) is 0 Å². The lowest BCUT2D eigenvalue weighted by Crippen LogP contribution is -2.28. The molecule has 0 bridgehead atoms. The summed E-state index contributed by atoms with van der Waals surface area (Å²) in [4.78, 5) is 18.7. The van der Waals surface area contributed by atoms with Crippen molar-refractivity contribution in [3.05, 3.63) is 53.2 Å². The van der Waals surface area contributed by atoms with E-state index in [-0.39, 0.29) is 12.5 Å². The van der Waals surface area contributed by atoms with Crippen LogP contribution < -0.4 is 19.7 Å². The van der Waals surface area contributed by atoms with Crippen molar-refractivity contribution in [3.63, 3.8) is 0 Å². The third-order valence-corrected chi connectivity index (χ3v) is 4.02. The largest absolute Gasteiger partial charge is 0.490 e. The molecule has 1 aromatic carbocycles. The topological polar surface area (TPSA) is 63.7 Å². The summed E-state index contributed by atoms with van der Waals surface area (Å²) in [5.41, 5.74) is 2.44. The number of para-hydroxylation sites is 1. The summed E-state index contributed by atoms with van der Waals surface area (Å²) in [6, 6.07) is 9.52. The predicted molar refractivity (Wildman–Crippen MR) is 101 cm³/mol.